The van der Waals surface area contributed by atoms with E-state index in [1.807, 2.05) is 6.07 Å². The smallest absolute Gasteiger partial charge is 0.223 e. The van der Waals surface area contributed by atoms with Crippen molar-refractivity contribution in [3.63, 3.8) is 0 Å². The second-order valence-corrected chi connectivity index (χ2v) is 3.53. The molecule has 0 radical (unpaired) electrons. The van der Waals surface area contributed by atoms with Crippen molar-refractivity contribution in [2.75, 3.05) is 18.4 Å². The number of hydrogen-bond acceptors (Lipinski definition) is 5. The van der Waals surface area contributed by atoms with E-state index in [2.05, 4.69) is 20.6 Å². The first-order chi connectivity index (χ1) is 7.38. The number of aromatic nitrogens is 2. The summed E-state index contributed by atoms with van der Waals surface area (Å²) in [6.07, 6.45) is 4.17. The highest BCUT2D eigenvalue weighted by Gasteiger charge is 2.19. The lowest BCUT2D eigenvalue weighted by Gasteiger charge is -2.04. The molecule has 0 unspecified atom stereocenters. The predicted molar refractivity (Wildman–Crippen MR) is 56.3 cm³/mol. The lowest BCUT2D eigenvalue weighted by molar-refractivity contribution is 0.699. The summed E-state index contributed by atoms with van der Waals surface area (Å²) in [5.41, 5.74) is 0.391. The maximum absolute atomic E-state index is 8.63. The highest BCUT2D eigenvalue weighted by atomic mass is 15.1. The quantitative estimate of drug-likeness (QED) is 0.682. The number of hydrogen-bond donors (Lipinski definition) is 2. The first-order valence-corrected chi connectivity index (χ1v) is 5.09. The number of anilines is 1. The van der Waals surface area contributed by atoms with Gasteiger partial charge in [-0.15, -0.1) is 0 Å². The molecule has 0 amide bonds. The zero-order chi connectivity index (χ0) is 10.5. The lowest BCUT2D eigenvalue weighted by atomic mass is 10.4. The first-order valence-electron chi connectivity index (χ1n) is 5.09. The summed E-state index contributed by atoms with van der Waals surface area (Å²) >= 11 is 0. The van der Waals surface area contributed by atoms with Gasteiger partial charge in [-0.2, -0.15) is 5.26 Å². The summed E-state index contributed by atoms with van der Waals surface area (Å²) in [5, 5.41) is 15.1. The molecule has 0 aliphatic heterocycles. The van der Waals surface area contributed by atoms with Gasteiger partial charge in [-0.1, -0.05) is 0 Å². The molecule has 0 atom stereocenters. The van der Waals surface area contributed by atoms with Crippen molar-refractivity contribution >= 4 is 5.95 Å². The SMILES string of the molecule is N#Cc1ccnc(NCCNC2CC2)n1. The van der Waals surface area contributed by atoms with Crippen LogP contribution in [0.1, 0.15) is 18.5 Å². The highest BCUT2D eigenvalue weighted by Crippen LogP contribution is 2.17. The second kappa shape index (κ2) is 4.71. The standard InChI is InChI=1S/C10H13N5/c11-7-9-3-4-13-10(15-9)14-6-5-12-8-1-2-8/h3-4,8,12H,1-2,5-6H2,(H,13,14,15). The molecule has 1 aromatic rings. The van der Waals surface area contributed by atoms with Gasteiger partial charge < -0.3 is 10.6 Å². The van der Waals surface area contributed by atoms with Crippen LogP contribution in [0.4, 0.5) is 5.95 Å². The van der Waals surface area contributed by atoms with Gasteiger partial charge in [0.1, 0.15) is 11.8 Å². The van der Waals surface area contributed by atoms with Gasteiger partial charge in [0.15, 0.2) is 0 Å². The van der Waals surface area contributed by atoms with Crippen molar-refractivity contribution in [2.45, 2.75) is 18.9 Å². The van der Waals surface area contributed by atoms with Crippen LogP contribution in [0.3, 0.4) is 0 Å². The molecule has 5 nitrogen and oxygen atoms in total. The number of nitriles is 1. The Morgan fingerprint density at radius 3 is 3.07 bits per heavy atom. The van der Waals surface area contributed by atoms with Gasteiger partial charge in [0.2, 0.25) is 5.95 Å². The fourth-order valence-corrected chi connectivity index (χ4v) is 1.24. The molecule has 0 spiro atoms. The fourth-order valence-electron chi connectivity index (χ4n) is 1.24. The van der Waals surface area contributed by atoms with Crippen molar-refractivity contribution in [2.24, 2.45) is 0 Å². The Morgan fingerprint density at radius 1 is 1.47 bits per heavy atom. The lowest BCUT2D eigenvalue weighted by Crippen LogP contribution is -2.24. The maximum atomic E-state index is 8.63. The van der Waals surface area contributed by atoms with Crippen molar-refractivity contribution in [3.05, 3.63) is 18.0 Å². The molecule has 1 saturated carbocycles. The van der Waals surface area contributed by atoms with E-state index in [4.69, 9.17) is 5.26 Å². The molecular weight excluding hydrogens is 190 g/mol. The number of nitrogens with zero attached hydrogens (tertiary/aromatic N) is 3. The Labute approximate surface area is 88.5 Å². The van der Waals surface area contributed by atoms with Gasteiger partial charge in [0, 0.05) is 25.3 Å². The normalized spacial score (nSPS) is 14.6. The largest absolute Gasteiger partial charge is 0.353 e. The minimum atomic E-state index is 0.391. The molecule has 1 fully saturated rings. The van der Waals surface area contributed by atoms with E-state index in [-0.39, 0.29) is 0 Å². The fraction of sp³-hybridized carbons (Fsp3) is 0.500. The topological polar surface area (TPSA) is 73.6 Å². The molecule has 0 bridgehead atoms. The van der Waals surface area contributed by atoms with Crippen LogP contribution in [0.25, 0.3) is 0 Å². The van der Waals surface area contributed by atoms with Gasteiger partial charge in [0.25, 0.3) is 0 Å². The third-order valence-corrected chi connectivity index (χ3v) is 2.19. The van der Waals surface area contributed by atoms with Crippen LogP contribution >= 0.6 is 0 Å². The Morgan fingerprint density at radius 2 is 2.33 bits per heavy atom. The van der Waals surface area contributed by atoms with Crippen LogP contribution in [0, 0.1) is 11.3 Å². The summed E-state index contributed by atoms with van der Waals surface area (Å²) < 4.78 is 0. The Balaban J connectivity index is 1.74. The van der Waals surface area contributed by atoms with Crippen LogP contribution in [-0.4, -0.2) is 29.1 Å². The Kier molecular flexibility index (Phi) is 3.10. The number of rotatable bonds is 5. The minimum absolute atomic E-state index is 0.391. The Hall–Kier alpha value is -1.67. The molecule has 15 heavy (non-hydrogen) atoms. The summed E-state index contributed by atoms with van der Waals surface area (Å²) in [6.45, 7) is 1.69. The van der Waals surface area contributed by atoms with E-state index < -0.39 is 0 Å². The molecule has 2 N–H and O–H groups in total. The van der Waals surface area contributed by atoms with E-state index >= 15 is 0 Å². The Bertz CT molecular complexity index is 366. The molecule has 5 heteroatoms. The molecule has 1 heterocycles. The van der Waals surface area contributed by atoms with Gasteiger partial charge in [-0.05, 0) is 18.9 Å². The second-order valence-electron chi connectivity index (χ2n) is 3.53. The zero-order valence-electron chi connectivity index (χ0n) is 8.40. The van der Waals surface area contributed by atoms with Gasteiger partial charge in [-0.25, -0.2) is 9.97 Å². The molecule has 0 aromatic carbocycles. The molecule has 1 aliphatic carbocycles. The molecule has 0 saturated heterocycles. The van der Waals surface area contributed by atoms with Crippen LogP contribution in [-0.2, 0) is 0 Å². The average molecular weight is 203 g/mol. The number of nitrogens with one attached hydrogen (secondary N) is 2. The van der Waals surface area contributed by atoms with Crippen molar-refractivity contribution < 1.29 is 0 Å². The third-order valence-electron chi connectivity index (χ3n) is 2.19. The van der Waals surface area contributed by atoms with Crippen molar-refractivity contribution in [1.29, 1.82) is 5.26 Å². The van der Waals surface area contributed by atoms with E-state index in [0.29, 0.717) is 11.6 Å². The van der Waals surface area contributed by atoms with Crippen molar-refractivity contribution in [3.8, 4) is 6.07 Å². The van der Waals surface area contributed by atoms with Gasteiger partial charge in [-0.3, -0.25) is 0 Å². The van der Waals surface area contributed by atoms with E-state index in [9.17, 15) is 0 Å². The van der Waals surface area contributed by atoms with E-state index in [0.717, 1.165) is 19.1 Å². The average Bonchev–Trinajstić information content (AvgIpc) is 3.09. The van der Waals surface area contributed by atoms with Gasteiger partial charge >= 0.3 is 0 Å². The summed E-state index contributed by atoms with van der Waals surface area (Å²) in [4.78, 5) is 8.03. The molecule has 2 rings (SSSR count). The highest BCUT2D eigenvalue weighted by molar-refractivity contribution is 5.29. The van der Waals surface area contributed by atoms with Crippen LogP contribution in [0.15, 0.2) is 12.3 Å². The first kappa shape index (κ1) is 9.87. The minimum Gasteiger partial charge on any atom is -0.353 e. The van der Waals surface area contributed by atoms with Crippen LogP contribution in [0.5, 0.6) is 0 Å². The van der Waals surface area contributed by atoms with Crippen LogP contribution in [0.2, 0.25) is 0 Å². The van der Waals surface area contributed by atoms with E-state index in [1.165, 1.54) is 12.8 Å². The summed E-state index contributed by atoms with van der Waals surface area (Å²) in [5.74, 6) is 0.520. The molecule has 1 aliphatic rings. The van der Waals surface area contributed by atoms with Crippen LogP contribution < -0.4 is 10.6 Å². The molecule has 1 aromatic heterocycles. The molecule has 78 valence electrons. The van der Waals surface area contributed by atoms with Gasteiger partial charge in [0.05, 0.1) is 0 Å². The molecular formula is C10H13N5. The zero-order valence-corrected chi connectivity index (χ0v) is 8.40. The third kappa shape index (κ3) is 3.18. The summed E-state index contributed by atoms with van der Waals surface area (Å²) in [7, 11) is 0. The summed E-state index contributed by atoms with van der Waals surface area (Å²) in [6, 6.07) is 4.29. The monoisotopic (exact) mass is 203 g/mol. The maximum Gasteiger partial charge on any atom is 0.223 e. The van der Waals surface area contributed by atoms with Crippen molar-refractivity contribution in [1.82, 2.24) is 15.3 Å². The predicted octanol–water partition coefficient (Wildman–Crippen LogP) is 0.512. The van der Waals surface area contributed by atoms with E-state index in [1.54, 1.807) is 12.3 Å².